The van der Waals surface area contributed by atoms with Crippen LogP contribution in [0.2, 0.25) is 0 Å². The van der Waals surface area contributed by atoms with Gasteiger partial charge in [0.2, 0.25) is 0 Å². The van der Waals surface area contributed by atoms with Gasteiger partial charge in [0.15, 0.2) is 0 Å². The van der Waals surface area contributed by atoms with Crippen LogP contribution < -0.4 is 5.32 Å². The number of hydrogen-bond donors (Lipinski definition) is 1. The Bertz CT molecular complexity index is 565. The molecule has 0 aliphatic heterocycles. The average Bonchev–Trinajstić information content (AvgIpc) is 2.44. The number of benzene rings is 1. The molecule has 0 saturated heterocycles. The summed E-state index contributed by atoms with van der Waals surface area (Å²) >= 11 is 5.17. The molecule has 0 radical (unpaired) electrons. The molecule has 2 aromatic rings. The summed E-state index contributed by atoms with van der Waals surface area (Å²) in [6.07, 6.45) is 2.90. The Morgan fingerprint density at radius 3 is 2.95 bits per heavy atom. The van der Waals surface area contributed by atoms with Gasteiger partial charge in [0, 0.05) is 32.9 Å². The fraction of sp³-hybridized carbons (Fsp3) is 0.267. The topological polar surface area (TPSA) is 24.9 Å². The first kappa shape index (κ1) is 15.5. The van der Waals surface area contributed by atoms with Gasteiger partial charge in [-0.1, -0.05) is 28.9 Å². The van der Waals surface area contributed by atoms with Crippen molar-refractivity contribution >= 4 is 27.7 Å². The summed E-state index contributed by atoms with van der Waals surface area (Å²) in [6, 6.07) is 9.84. The maximum atomic E-state index is 13.8. The van der Waals surface area contributed by atoms with E-state index < -0.39 is 0 Å². The van der Waals surface area contributed by atoms with E-state index in [0.717, 1.165) is 21.7 Å². The van der Waals surface area contributed by atoms with E-state index in [0.29, 0.717) is 5.56 Å². The highest BCUT2D eigenvalue weighted by Crippen LogP contribution is 2.27. The monoisotopic (exact) mass is 354 g/mol. The minimum absolute atomic E-state index is 0.0213. The number of nitrogens with zero attached hydrogens (tertiary/aromatic N) is 1. The maximum absolute atomic E-state index is 13.8. The van der Waals surface area contributed by atoms with Crippen molar-refractivity contribution in [2.75, 3.05) is 12.3 Å². The highest BCUT2D eigenvalue weighted by Gasteiger charge is 2.15. The minimum atomic E-state index is -0.256. The van der Waals surface area contributed by atoms with Crippen molar-refractivity contribution in [2.45, 2.75) is 17.9 Å². The van der Waals surface area contributed by atoms with Gasteiger partial charge < -0.3 is 5.32 Å². The van der Waals surface area contributed by atoms with Crippen LogP contribution in [0.15, 0.2) is 52.1 Å². The Labute approximate surface area is 131 Å². The van der Waals surface area contributed by atoms with Crippen molar-refractivity contribution in [2.24, 2.45) is 0 Å². The second kappa shape index (κ2) is 7.76. The number of rotatable bonds is 6. The number of thioether (sulfide) groups is 1. The van der Waals surface area contributed by atoms with Crippen LogP contribution in [0, 0.1) is 5.82 Å². The van der Waals surface area contributed by atoms with Gasteiger partial charge in [0.1, 0.15) is 5.82 Å². The summed E-state index contributed by atoms with van der Waals surface area (Å²) in [6.45, 7) is 2.82. The number of aromatic nitrogens is 1. The van der Waals surface area contributed by atoms with Gasteiger partial charge in [0.25, 0.3) is 0 Å². The number of nitrogens with one attached hydrogen (secondary N) is 1. The molecule has 1 atom stereocenters. The van der Waals surface area contributed by atoms with Gasteiger partial charge in [-0.05, 0) is 30.8 Å². The Hall–Kier alpha value is -0.910. The molecule has 0 amide bonds. The molecule has 0 aliphatic rings. The highest BCUT2D eigenvalue weighted by molar-refractivity contribution is 9.10. The summed E-state index contributed by atoms with van der Waals surface area (Å²) in [7, 11) is 0. The quantitative estimate of drug-likeness (QED) is 0.777. The van der Waals surface area contributed by atoms with Crippen LogP contribution in [0.3, 0.4) is 0 Å². The third-order valence-corrected chi connectivity index (χ3v) is 4.42. The summed E-state index contributed by atoms with van der Waals surface area (Å²) < 4.78 is 14.9. The Morgan fingerprint density at radius 2 is 2.25 bits per heavy atom. The van der Waals surface area contributed by atoms with Crippen molar-refractivity contribution < 1.29 is 4.39 Å². The lowest BCUT2D eigenvalue weighted by Gasteiger charge is -2.18. The van der Waals surface area contributed by atoms with Crippen LogP contribution in [0.5, 0.6) is 0 Å². The van der Waals surface area contributed by atoms with E-state index in [4.69, 9.17) is 0 Å². The lowest BCUT2D eigenvalue weighted by molar-refractivity contribution is 0.541. The van der Waals surface area contributed by atoms with Crippen molar-refractivity contribution in [3.8, 4) is 0 Å². The molecule has 0 saturated carbocycles. The first-order chi connectivity index (χ1) is 9.70. The average molecular weight is 355 g/mol. The van der Waals surface area contributed by atoms with Crippen molar-refractivity contribution in [3.63, 3.8) is 0 Å². The van der Waals surface area contributed by atoms with Gasteiger partial charge in [-0.3, -0.25) is 4.98 Å². The molecule has 0 spiro atoms. The van der Waals surface area contributed by atoms with E-state index in [-0.39, 0.29) is 11.9 Å². The van der Waals surface area contributed by atoms with E-state index in [1.807, 2.05) is 19.1 Å². The van der Waals surface area contributed by atoms with E-state index in [1.54, 1.807) is 24.0 Å². The molecule has 2 nitrogen and oxygen atoms in total. The smallest absolute Gasteiger partial charge is 0.146 e. The molecular weight excluding hydrogens is 339 g/mol. The molecule has 0 aliphatic carbocycles. The predicted octanol–water partition coefficient (Wildman–Crippen LogP) is 4.43. The van der Waals surface area contributed by atoms with Crippen molar-refractivity contribution in [1.82, 2.24) is 10.3 Å². The molecular formula is C15H16BrFN2S. The zero-order valence-electron chi connectivity index (χ0n) is 11.1. The van der Waals surface area contributed by atoms with E-state index >= 15 is 0 Å². The normalized spacial score (nSPS) is 12.3. The molecule has 106 valence electrons. The standard InChI is InChI=1S/C15H16BrFN2S/c1-2-19-15(13-6-7-18-9-14(13)17)10-20-12-5-3-4-11(16)8-12/h3-9,15,19H,2,10H2,1H3. The third kappa shape index (κ3) is 4.30. The molecule has 1 aromatic carbocycles. The second-order valence-electron chi connectivity index (χ2n) is 4.28. The summed E-state index contributed by atoms with van der Waals surface area (Å²) in [5, 5.41) is 3.32. The van der Waals surface area contributed by atoms with Crippen LogP contribution in [0.25, 0.3) is 0 Å². The molecule has 1 N–H and O–H groups in total. The van der Waals surface area contributed by atoms with Gasteiger partial charge in [-0.2, -0.15) is 0 Å². The second-order valence-corrected chi connectivity index (χ2v) is 6.28. The van der Waals surface area contributed by atoms with Gasteiger partial charge in [-0.25, -0.2) is 4.39 Å². The van der Waals surface area contributed by atoms with Crippen LogP contribution in [-0.2, 0) is 0 Å². The van der Waals surface area contributed by atoms with Crippen molar-refractivity contribution in [3.05, 3.63) is 58.6 Å². The molecule has 0 fully saturated rings. The van der Waals surface area contributed by atoms with Gasteiger partial charge in [0.05, 0.1) is 6.20 Å². The van der Waals surface area contributed by atoms with Crippen LogP contribution in [0.4, 0.5) is 4.39 Å². The fourth-order valence-electron chi connectivity index (χ4n) is 1.91. The molecule has 1 heterocycles. The fourth-order valence-corrected chi connectivity index (χ4v) is 3.50. The summed E-state index contributed by atoms with van der Waals surface area (Å²) in [5.74, 6) is 0.513. The van der Waals surface area contributed by atoms with Gasteiger partial charge >= 0.3 is 0 Å². The Balaban J connectivity index is 2.08. The third-order valence-electron chi connectivity index (χ3n) is 2.84. The maximum Gasteiger partial charge on any atom is 0.146 e. The molecule has 5 heteroatoms. The van der Waals surface area contributed by atoms with E-state index in [1.165, 1.54) is 6.20 Å². The van der Waals surface area contributed by atoms with Crippen LogP contribution in [0.1, 0.15) is 18.5 Å². The lowest BCUT2D eigenvalue weighted by atomic mass is 10.1. The SMILES string of the molecule is CCNC(CSc1cccc(Br)c1)c1ccncc1F. The van der Waals surface area contributed by atoms with E-state index in [2.05, 4.69) is 38.4 Å². The zero-order valence-corrected chi connectivity index (χ0v) is 13.5. The van der Waals surface area contributed by atoms with Crippen LogP contribution >= 0.6 is 27.7 Å². The Morgan fingerprint density at radius 1 is 1.40 bits per heavy atom. The Kier molecular flexibility index (Phi) is 6.01. The number of hydrogen-bond acceptors (Lipinski definition) is 3. The first-order valence-electron chi connectivity index (χ1n) is 6.42. The van der Waals surface area contributed by atoms with Gasteiger partial charge in [-0.15, -0.1) is 11.8 Å². The highest BCUT2D eigenvalue weighted by atomic mass is 79.9. The molecule has 20 heavy (non-hydrogen) atoms. The first-order valence-corrected chi connectivity index (χ1v) is 8.19. The summed E-state index contributed by atoms with van der Waals surface area (Å²) in [5.41, 5.74) is 0.671. The zero-order chi connectivity index (χ0) is 14.4. The van der Waals surface area contributed by atoms with Crippen LogP contribution in [-0.4, -0.2) is 17.3 Å². The molecule has 2 rings (SSSR count). The van der Waals surface area contributed by atoms with Crippen molar-refractivity contribution in [1.29, 1.82) is 0 Å². The minimum Gasteiger partial charge on any atom is -0.309 e. The number of halogens is 2. The summed E-state index contributed by atoms with van der Waals surface area (Å²) in [4.78, 5) is 4.97. The lowest BCUT2D eigenvalue weighted by Crippen LogP contribution is -2.24. The predicted molar refractivity (Wildman–Crippen MR) is 85.5 cm³/mol. The molecule has 1 unspecified atom stereocenters. The molecule has 1 aromatic heterocycles. The molecule has 0 bridgehead atoms. The largest absolute Gasteiger partial charge is 0.309 e. The number of pyridine rings is 1. The van der Waals surface area contributed by atoms with E-state index in [9.17, 15) is 4.39 Å².